The molecule has 0 aromatic heterocycles. The molecule has 0 bridgehead atoms. The molecule has 4 amide bonds. The highest BCUT2D eigenvalue weighted by Gasteiger charge is 2.45. The van der Waals surface area contributed by atoms with Crippen LogP contribution in [0.1, 0.15) is 47.4 Å². The van der Waals surface area contributed by atoms with E-state index in [9.17, 15) is 24.0 Å². The zero-order chi connectivity index (χ0) is 19.7. The highest BCUT2D eigenvalue weighted by molar-refractivity contribution is 6.25. The summed E-state index contributed by atoms with van der Waals surface area (Å²) in [5, 5.41) is 4.96. The second-order valence-electron chi connectivity index (χ2n) is 6.57. The Labute approximate surface area is 155 Å². The number of benzene rings is 1. The Bertz CT molecular complexity index is 847. The van der Waals surface area contributed by atoms with Gasteiger partial charge in [0.1, 0.15) is 12.6 Å². The van der Waals surface area contributed by atoms with Crippen LogP contribution in [0.15, 0.2) is 18.2 Å². The lowest BCUT2D eigenvalue weighted by molar-refractivity contribution is -0.145. The Morgan fingerprint density at radius 3 is 2.67 bits per heavy atom. The number of nitrogens with one attached hydrogen (secondary N) is 2. The molecule has 142 valence electrons. The molecule has 0 saturated carbocycles. The number of amides is 4. The Kier molecular flexibility index (Phi) is 4.93. The van der Waals surface area contributed by atoms with Gasteiger partial charge in [-0.2, -0.15) is 0 Å². The van der Waals surface area contributed by atoms with E-state index in [2.05, 4.69) is 10.6 Å². The van der Waals surface area contributed by atoms with E-state index in [0.717, 1.165) is 4.90 Å². The minimum Gasteiger partial charge on any atom is -0.462 e. The predicted octanol–water partition coefficient (Wildman–Crippen LogP) is 0.451. The summed E-state index contributed by atoms with van der Waals surface area (Å²) >= 11 is 0. The van der Waals surface area contributed by atoms with Crippen LogP contribution in [0, 0.1) is 0 Å². The van der Waals surface area contributed by atoms with Crippen molar-refractivity contribution in [1.82, 2.24) is 10.2 Å². The summed E-state index contributed by atoms with van der Waals surface area (Å²) in [4.78, 5) is 61.6. The smallest absolute Gasteiger partial charge is 0.325 e. The molecule has 3 rings (SSSR count). The molecule has 1 fully saturated rings. The van der Waals surface area contributed by atoms with E-state index < -0.39 is 35.6 Å². The molecule has 1 unspecified atom stereocenters. The van der Waals surface area contributed by atoms with Crippen LogP contribution in [0.4, 0.5) is 5.69 Å². The summed E-state index contributed by atoms with van der Waals surface area (Å²) in [6, 6.07) is 3.60. The van der Waals surface area contributed by atoms with Gasteiger partial charge < -0.3 is 10.1 Å². The maximum absolute atomic E-state index is 12.9. The molecule has 27 heavy (non-hydrogen) atoms. The number of carbonyl (C=O) groups excluding carboxylic acids is 5. The normalized spacial score (nSPS) is 19.2. The highest BCUT2D eigenvalue weighted by atomic mass is 16.5. The number of ether oxygens (including phenoxy) is 1. The Hall–Kier alpha value is -3.23. The maximum Gasteiger partial charge on any atom is 0.325 e. The summed E-state index contributed by atoms with van der Waals surface area (Å²) in [6.45, 7) is 3.27. The summed E-state index contributed by atoms with van der Waals surface area (Å²) in [5.74, 6) is -2.83. The van der Waals surface area contributed by atoms with Crippen LogP contribution < -0.4 is 10.6 Å². The summed E-state index contributed by atoms with van der Waals surface area (Å²) in [5.41, 5.74) is 0.554. The molecule has 9 heteroatoms. The van der Waals surface area contributed by atoms with Gasteiger partial charge in [0.05, 0.1) is 17.2 Å². The summed E-state index contributed by atoms with van der Waals surface area (Å²) in [6.07, 6.45) is -0.137. The summed E-state index contributed by atoms with van der Waals surface area (Å²) in [7, 11) is 0. The first kappa shape index (κ1) is 18.6. The van der Waals surface area contributed by atoms with E-state index in [0.29, 0.717) is 5.69 Å². The number of hydrogen-bond acceptors (Lipinski definition) is 7. The van der Waals surface area contributed by atoms with Crippen LogP contribution >= 0.6 is 0 Å². The van der Waals surface area contributed by atoms with E-state index in [1.165, 1.54) is 6.07 Å². The Morgan fingerprint density at radius 1 is 1.26 bits per heavy atom. The number of nitrogens with zero attached hydrogens (tertiary/aromatic N) is 1. The van der Waals surface area contributed by atoms with E-state index >= 15 is 0 Å². The van der Waals surface area contributed by atoms with Gasteiger partial charge in [-0.3, -0.25) is 34.2 Å². The van der Waals surface area contributed by atoms with Gasteiger partial charge in [0.15, 0.2) is 0 Å². The maximum atomic E-state index is 12.9. The number of imide groups is 2. The number of esters is 1. The first-order valence-corrected chi connectivity index (χ1v) is 8.57. The van der Waals surface area contributed by atoms with E-state index in [1.54, 1.807) is 26.0 Å². The molecule has 0 aliphatic carbocycles. The molecule has 2 aliphatic rings. The first-order valence-electron chi connectivity index (χ1n) is 8.57. The lowest BCUT2D eigenvalue weighted by Gasteiger charge is -2.27. The average Bonchev–Trinajstić information content (AvgIpc) is 2.85. The number of anilines is 1. The van der Waals surface area contributed by atoms with Crippen molar-refractivity contribution in [3.8, 4) is 0 Å². The van der Waals surface area contributed by atoms with Crippen LogP contribution in [0.25, 0.3) is 0 Å². The Balaban J connectivity index is 1.83. The molecule has 2 heterocycles. The molecule has 1 aromatic carbocycles. The van der Waals surface area contributed by atoms with Crippen molar-refractivity contribution in [2.24, 2.45) is 0 Å². The molecule has 9 nitrogen and oxygen atoms in total. The second kappa shape index (κ2) is 7.18. The standard InChI is InChI=1S/C18H19N3O6/c1-9(2)27-14(23)8-19-11-5-3-4-10-15(11)18(26)21(17(10)25)12-6-7-13(22)20-16(12)24/h3-5,9,12,19H,6-8H2,1-2H3,(H,20,22,24). The van der Waals surface area contributed by atoms with Crippen molar-refractivity contribution < 1.29 is 28.7 Å². The highest BCUT2D eigenvalue weighted by Crippen LogP contribution is 2.32. The average molecular weight is 373 g/mol. The van der Waals surface area contributed by atoms with Crippen molar-refractivity contribution in [3.63, 3.8) is 0 Å². The SMILES string of the molecule is CC(C)OC(=O)CNc1cccc2c1C(=O)N(C1CCC(=O)NC1=O)C2=O. The fourth-order valence-electron chi connectivity index (χ4n) is 3.13. The van der Waals surface area contributed by atoms with Crippen molar-refractivity contribution in [1.29, 1.82) is 0 Å². The lowest BCUT2D eigenvalue weighted by atomic mass is 10.0. The van der Waals surface area contributed by atoms with Gasteiger partial charge in [0.2, 0.25) is 11.8 Å². The van der Waals surface area contributed by atoms with Crippen LogP contribution in [-0.2, 0) is 19.1 Å². The monoisotopic (exact) mass is 373 g/mol. The van der Waals surface area contributed by atoms with Crippen LogP contribution in [0.3, 0.4) is 0 Å². The van der Waals surface area contributed by atoms with E-state index in [1.807, 2.05) is 0 Å². The van der Waals surface area contributed by atoms with Crippen molar-refractivity contribution in [2.45, 2.75) is 38.8 Å². The van der Waals surface area contributed by atoms with Gasteiger partial charge in [-0.25, -0.2) is 0 Å². The van der Waals surface area contributed by atoms with Crippen LogP contribution in [-0.4, -0.2) is 53.2 Å². The minimum atomic E-state index is -1.03. The van der Waals surface area contributed by atoms with Crippen LogP contribution in [0.2, 0.25) is 0 Å². The molecular weight excluding hydrogens is 354 g/mol. The van der Waals surface area contributed by atoms with Gasteiger partial charge in [-0.1, -0.05) is 6.07 Å². The quantitative estimate of drug-likeness (QED) is 0.568. The lowest BCUT2D eigenvalue weighted by Crippen LogP contribution is -2.54. The van der Waals surface area contributed by atoms with E-state index in [-0.39, 0.29) is 36.6 Å². The fraction of sp³-hybridized carbons (Fsp3) is 0.389. The second-order valence-corrected chi connectivity index (χ2v) is 6.57. The number of carbonyl (C=O) groups is 5. The number of hydrogen-bond donors (Lipinski definition) is 2. The van der Waals surface area contributed by atoms with Crippen molar-refractivity contribution in [2.75, 3.05) is 11.9 Å². The molecule has 1 aromatic rings. The topological polar surface area (TPSA) is 122 Å². The largest absolute Gasteiger partial charge is 0.462 e. The van der Waals surface area contributed by atoms with Gasteiger partial charge >= 0.3 is 5.97 Å². The zero-order valence-corrected chi connectivity index (χ0v) is 14.9. The molecule has 0 radical (unpaired) electrons. The molecule has 1 atom stereocenters. The van der Waals surface area contributed by atoms with Crippen molar-refractivity contribution >= 4 is 35.3 Å². The molecule has 0 spiro atoms. The number of fused-ring (bicyclic) bond motifs is 1. The van der Waals surface area contributed by atoms with Crippen molar-refractivity contribution in [3.05, 3.63) is 29.3 Å². The first-order chi connectivity index (χ1) is 12.8. The minimum absolute atomic E-state index is 0.0515. The van der Waals surface area contributed by atoms with E-state index in [4.69, 9.17) is 4.74 Å². The third kappa shape index (κ3) is 3.53. The molecular formula is C18H19N3O6. The van der Waals surface area contributed by atoms with Gasteiger partial charge in [-0.05, 0) is 32.4 Å². The zero-order valence-electron chi connectivity index (χ0n) is 14.9. The van der Waals surface area contributed by atoms with Gasteiger partial charge in [-0.15, -0.1) is 0 Å². The summed E-state index contributed by atoms with van der Waals surface area (Å²) < 4.78 is 5.03. The third-order valence-corrected chi connectivity index (χ3v) is 4.26. The van der Waals surface area contributed by atoms with Crippen LogP contribution in [0.5, 0.6) is 0 Å². The van der Waals surface area contributed by atoms with Gasteiger partial charge in [0, 0.05) is 12.1 Å². The fourth-order valence-corrected chi connectivity index (χ4v) is 3.13. The third-order valence-electron chi connectivity index (χ3n) is 4.26. The Morgan fingerprint density at radius 2 is 2.00 bits per heavy atom. The number of piperidine rings is 1. The molecule has 1 saturated heterocycles. The molecule has 2 N–H and O–H groups in total. The predicted molar refractivity (Wildman–Crippen MR) is 92.8 cm³/mol. The van der Waals surface area contributed by atoms with Gasteiger partial charge in [0.25, 0.3) is 11.8 Å². The molecule has 2 aliphatic heterocycles. The number of rotatable bonds is 5.